The Labute approximate surface area is 86.2 Å². The van der Waals surface area contributed by atoms with Crippen molar-refractivity contribution < 1.29 is 0 Å². The summed E-state index contributed by atoms with van der Waals surface area (Å²) in [6, 6.07) is 0. The van der Waals surface area contributed by atoms with Gasteiger partial charge in [0.25, 0.3) is 0 Å². The van der Waals surface area contributed by atoms with E-state index in [4.69, 9.17) is 0 Å². The van der Waals surface area contributed by atoms with E-state index in [1.807, 2.05) is 11.3 Å². The summed E-state index contributed by atoms with van der Waals surface area (Å²) >= 11 is 4.25. The van der Waals surface area contributed by atoms with Crippen LogP contribution in [0.4, 0.5) is 0 Å². The van der Waals surface area contributed by atoms with Crippen molar-refractivity contribution in [3.63, 3.8) is 0 Å². The smallest absolute Gasteiger partial charge is 0.0685 e. The molecule has 0 unspecified atom stereocenters. The second kappa shape index (κ2) is 3.05. The van der Waals surface area contributed by atoms with Crippen LogP contribution in [0.2, 0.25) is 0 Å². The molecule has 0 aliphatic heterocycles. The van der Waals surface area contributed by atoms with E-state index in [0.717, 1.165) is 0 Å². The van der Waals surface area contributed by atoms with Gasteiger partial charge in [-0.25, -0.2) is 0 Å². The highest BCUT2D eigenvalue weighted by Crippen LogP contribution is 2.32. The average Bonchev–Trinajstić information content (AvgIpc) is 2.11. The molecular formula is C9H13IS. The van der Waals surface area contributed by atoms with Crippen molar-refractivity contribution in [3.8, 4) is 0 Å². The second-order valence-corrected chi connectivity index (χ2v) is 6.49. The van der Waals surface area contributed by atoms with Crippen LogP contribution in [0.3, 0.4) is 0 Å². The van der Waals surface area contributed by atoms with Gasteiger partial charge in [-0.05, 0) is 51.4 Å². The Hall–Kier alpha value is 0.430. The van der Waals surface area contributed by atoms with E-state index in [1.165, 1.54) is 14.0 Å². The van der Waals surface area contributed by atoms with Crippen LogP contribution in [0.15, 0.2) is 5.38 Å². The van der Waals surface area contributed by atoms with Gasteiger partial charge in [-0.2, -0.15) is 0 Å². The maximum Gasteiger partial charge on any atom is 0.0685 e. The first-order valence-electron chi connectivity index (χ1n) is 3.67. The molecule has 0 atom stereocenters. The van der Waals surface area contributed by atoms with Gasteiger partial charge in [0.15, 0.2) is 0 Å². The highest BCUT2D eigenvalue weighted by molar-refractivity contribution is 14.1. The molecule has 0 bridgehead atoms. The molecule has 0 saturated heterocycles. The van der Waals surface area contributed by atoms with E-state index < -0.39 is 0 Å². The lowest BCUT2D eigenvalue weighted by atomic mass is 9.87. The number of halogens is 1. The Kier molecular flexibility index (Phi) is 2.64. The Morgan fingerprint density at radius 3 is 2.09 bits per heavy atom. The van der Waals surface area contributed by atoms with Gasteiger partial charge in [-0.15, -0.1) is 11.3 Å². The summed E-state index contributed by atoms with van der Waals surface area (Å²) in [6.07, 6.45) is 0. The molecule has 0 amide bonds. The summed E-state index contributed by atoms with van der Waals surface area (Å²) in [5.41, 5.74) is 3.26. The van der Waals surface area contributed by atoms with Crippen LogP contribution in [-0.4, -0.2) is 0 Å². The Morgan fingerprint density at radius 2 is 1.91 bits per heavy atom. The van der Waals surface area contributed by atoms with Gasteiger partial charge in [0, 0.05) is 0 Å². The van der Waals surface area contributed by atoms with Crippen LogP contribution < -0.4 is 0 Å². The standard InChI is InChI=1S/C9H13IS/c1-6-7(9(2,3)4)5-11-8(6)10/h5H,1-4H3. The largest absolute Gasteiger partial charge is 0.137 e. The summed E-state index contributed by atoms with van der Waals surface area (Å²) in [6.45, 7) is 8.99. The average molecular weight is 280 g/mol. The van der Waals surface area contributed by atoms with Gasteiger partial charge >= 0.3 is 0 Å². The maximum absolute atomic E-state index is 2.40. The van der Waals surface area contributed by atoms with Crippen LogP contribution in [0.5, 0.6) is 0 Å². The fraction of sp³-hybridized carbons (Fsp3) is 0.556. The van der Waals surface area contributed by atoms with Crippen LogP contribution in [0.1, 0.15) is 31.9 Å². The lowest BCUT2D eigenvalue weighted by Gasteiger charge is -2.18. The summed E-state index contributed by atoms with van der Waals surface area (Å²) < 4.78 is 1.42. The van der Waals surface area contributed by atoms with E-state index in [0.29, 0.717) is 5.41 Å². The molecule has 0 nitrogen and oxygen atoms in total. The van der Waals surface area contributed by atoms with Gasteiger partial charge in [0.05, 0.1) is 2.88 Å². The highest BCUT2D eigenvalue weighted by atomic mass is 127. The molecule has 0 radical (unpaired) electrons. The fourth-order valence-electron chi connectivity index (χ4n) is 1.13. The second-order valence-electron chi connectivity index (χ2n) is 3.80. The molecule has 0 N–H and O–H groups in total. The first-order chi connectivity index (χ1) is 4.93. The minimum absolute atomic E-state index is 0.310. The molecule has 0 spiro atoms. The lowest BCUT2D eigenvalue weighted by molar-refractivity contribution is 0.588. The third kappa shape index (κ3) is 1.96. The number of hydrogen-bond donors (Lipinski definition) is 0. The highest BCUT2D eigenvalue weighted by Gasteiger charge is 2.18. The topological polar surface area (TPSA) is 0 Å². The molecule has 11 heavy (non-hydrogen) atoms. The van der Waals surface area contributed by atoms with Crippen molar-refractivity contribution in [1.82, 2.24) is 0 Å². The SMILES string of the molecule is Cc1c(C(C)(C)C)csc1I. The summed E-state index contributed by atoms with van der Waals surface area (Å²) in [5.74, 6) is 0. The molecule has 0 aromatic carbocycles. The molecule has 1 aromatic rings. The van der Waals surface area contributed by atoms with Crippen molar-refractivity contribution >= 4 is 33.9 Å². The third-order valence-electron chi connectivity index (χ3n) is 1.79. The number of hydrogen-bond acceptors (Lipinski definition) is 1. The Balaban J connectivity index is 3.15. The minimum Gasteiger partial charge on any atom is -0.137 e. The maximum atomic E-state index is 2.40. The van der Waals surface area contributed by atoms with Crippen LogP contribution >= 0.6 is 33.9 Å². The zero-order chi connectivity index (χ0) is 8.65. The zero-order valence-electron chi connectivity index (χ0n) is 7.36. The number of thiophene rings is 1. The fourth-order valence-corrected chi connectivity index (χ4v) is 2.84. The van der Waals surface area contributed by atoms with Crippen molar-refractivity contribution in [1.29, 1.82) is 0 Å². The molecule has 0 saturated carbocycles. The van der Waals surface area contributed by atoms with Crippen LogP contribution in [-0.2, 0) is 5.41 Å². The van der Waals surface area contributed by atoms with Crippen molar-refractivity contribution in [3.05, 3.63) is 19.4 Å². The first-order valence-corrected chi connectivity index (χ1v) is 5.63. The molecule has 62 valence electrons. The van der Waals surface area contributed by atoms with Crippen LogP contribution in [0, 0.1) is 9.81 Å². The van der Waals surface area contributed by atoms with Gasteiger partial charge in [0.1, 0.15) is 0 Å². The van der Waals surface area contributed by atoms with Gasteiger partial charge in [-0.3, -0.25) is 0 Å². The monoisotopic (exact) mass is 280 g/mol. The zero-order valence-corrected chi connectivity index (χ0v) is 10.3. The minimum atomic E-state index is 0.310. The molecular weight excluding hydrogens is 267 g/mol. The van der Waals surface area contributed by atoms with Gasteiger partial charge in [-0.1, -0.05) is 20.8 Å². The summed E-state index contributed by atoms with van der Waals surface area (Å²) in [7, 11) is 0. The molecule has 1 aromatic heterocycles. The molecule has 0 fully saturated rings. The predicted molar refractivity (Wildman–Crippen MR) is 60.5 cm³/mol. The van der Waals surface area contributed by atoms with Crippen LogP contribution in [0.25, 0.3) is 0 Å². The van der Waals surface area contributed by atoms with Gasteiger partial charge in [0.2, 0.25) is 0 Å². The first kappa shape index (κ1) is 9.52. The Bertz CT molecular complexity index is 255. The quantitative estimate of drug-likeness (QED) is 0.631. The molecule has 1 heterocycles. The van der Waals surface area contributed by atoms with Crippen molar-refractivity contribution in [2.75, 3.05) is 0 Å². The van der Waals surface area contributed by atoms with E-state index >= 15 is 0 Å². The van der Waals surface area contributed by atoms with E-state index in [-0.39, 0.29) is 0 Å². The summed E-state index contributed by atoms with van der Waals surface area (Å²) in [4.78, 5) is 0. The van der Waals surface area contributed by atoms with E-state index in [1.54, 1.807) is 0 Å². The third-order valence-corrected chi connectivity index (χ3v) is 4.23. The normalized spacial score (nSPS) is 12.1. The molecule has 2 heteroatoms. The van der Waals surface area contributed by atoms with E-state index in [9.17, 15) is 0 Å². The molecule has 0 aliphatic carbocycles. The van der Waals surface area contributed by atoms with Crippen molar-refractivity contribution in [2.24, 2.45) is 0 Å². The summed E-state index contributed by atoms with van der Waals surface area (Å²) in [5, 5.41) is 2.27. The molecule has 1 rings (SSSR count). The predicted octanol–water partition coefficient (Wildman–Crippen LogP) is 3.96. The molecule has 0 aliphatic rings. The van der Waals surface area contributed by atoms with Crippen molar-refractivity contribution in [2.45, 2.75) is 33.1 Å². The number of rotatable bonds is 0. The van der Waals surface area contributed by atoms with E-state index in [2.05, 4.69) is 55.7 Å². The lowest BCUT2D eigenvalue weighted by Crippen LogP contribution is -2.11. The Morgan fingerprint density at radius 1 is 1.36 bits per heavy atom. The van der Waals surface area contributed by atoms with Gasteiger partial charge < -0.3 is 0 Å².